The van der Waals surface area contributed by atoms with E-state index in [1.807, 2.05) is 0 Å². The van der Waals surface area contributed by atoms with Crippen molar-refractivity contribution in [3.05, 3.63) is 15.1 Å². The second-order valence-electron chi connectivity index (χ2n) is 5.33. The first kappa shape index (κ1) is 13.5. The van der Waals surface area contributed by atoms with Crippen molar-refractivity contribution in [2.75, 3.05) is 18.5 Å². The molecule has 1 aliphatic carbocycles. The minimum absolute atomic E-state index is 0.321. The maximum Gasteiger partial charge on any atom is 0.143 e. The maximum atomic E-state index is 5.70. The molecule has 1 aromatic heterocycles. The van der Waals surface area contributed by atoms with Gasteiger partial charge in [-0.2, -0.15) is 0 Å². The third-order valence-electron chi connectivity index (χ3n) is 3.67. The van der Waals surface area contributed by atoms with Crippen molar-refractivity contribution in [1.29, 1.82) is 0 Å². The summed E-state index contributed by atoms with van der Waals surface area (Å²) in [7, 11) is 0. The van der Waals surface area contributed by atoms with E-state index in [4.69, 9.17) is 9.72 Å². The van der Waals surface area contributed by atoms with E-state index >= 15 is 0 Å². The molecule has 0 bridgehead atoms. The van der Waals surface area contributed by atoms with E-state index in [9.17, 15) is 0 Å². The molecule has 104 valence electrons. The maximum absolute atomic E-state index is 5.70. The van der Waals surface area contributed by atoms with Crippen LogP contribution in [0.3, 0.4) is 0 Å². The average molecular weight is 373 g/mol. The number of aromatic nitrogens is 2. The lowest BCUT2D eigenvalue weighted by molar-refractivity contribution is 0.110. The second kappa shape index (κ2) is 5.91. The Morgan fingerprint density at radius 3 is 2.79 bits per heavy atom. The van der Waals surface area contributed by atoms with E-state index in [0.29, 0.717) is 12.0 Å². The SMILES string of the molecule is CCNc1nc(CC2CCCO2)nc(C2CC2)c1I. The lowest BCUT2D eigenvalue weighted by Gasteiger charge is -2.14. The topological polar surface area (TPSA) is 47.0 Å². The fourth-order valence-electron chi connectivity index (χ4n) is 2.52. The number of anilines is 1. The number of rotatable bonds is 5. The molecule has 1 aliphatic heterocycles. The molecule has 1 unspecified atom stereocenters. The quantitative estimate of drug-likeness (QED) is 0.806. The van der Waals surface area contributed by atoms with Gasteiger partial charge >= 0.3 is 0 Å². The monoisotopic (exact) mass is 373 g/mol. The van der Waals surface area contributed by atoms with Crippen LogP contribution >= 0.6 is 22.6 Å². The first-order valence-electron chi connectivity index (χ1n) is 7.19. The highest BCUT2D eigenvalue weighted by molar-refractivity contribution is 14.1. The van der Waals surface area contributed by atoms with E-state index in [1.54, 1.807) is 0 Å². The fourth-order valence-corrected chi connectivity index (χ4v) is 3.40. The lowest BCUT2D eigenvalue weighted by atomic mass is 10.1. The smallest absolute Gasteiger partial charge is 0.143 e. The normalized spacial score (nSPS) is 22.7. The molecule has 1 saturated carbocycles. The van der Waals surface area contributed by atoms with Crippen molar-refractivity contribution >= 4 is 28.4 Å². The first-order valence-corrected chi connectivity index (χ1v) is 8.27. The molecule has 5 heteroatoms. The standard InChI is InChI=1S/C14H20IN3O/c1-2-16-14-12(15)13(9-5-6-9)17-11(18-14)8-10-4-3-7-19-10/h9-10H,2-8H2,1H3,(H,16,17,18). The summed E-state index contributed by atoms with van der Waals surface area (Å²) in [5.41, 5.74) is 1.25. The highest BCUT2D eigenvalue weighted by Crippen LogP contribution is 2.42. The molecule has 0 amide bonds. The molecule has 1 aromatic rings. The molecule has 19 heavy (non-hydrogen) atoms. The Kier molecular flexibility index (Phi) is 4.21. The van der Waals surface area contributed by atoms with Crippen molar-refractivity contribution in [3.63, 3.8) is 0 Å². The molecule has 0 radical (unpaired) electrons. The Bertz CT molecular complexity index is 456. The number of nitrogens with one attached hydrogen (secondary N) is 1. The van der Waals surface area contributed by atoms with Crippen molar-refractivity contribution < 1.29 is 4.74 Å². The number of hydrogen-bond acceptors (Lipinski definition) is 4. The number of halogens is 1. The summed E-state index contributed by atoms with van der Waals surface area (Å²) in [5.74, 6) is 2.62. The molecule has 3 rings (SSSR count). The zero-order valence-electron chi connectivity index (χ0n) is 11.3. The van der Waals surface area contributed by atoms with Crippen LogP contribution in [0.1, 0.15) is 50.0 Å². The molecule has 2 fully saturated rings. The summed E-state index contributed by atoms with van der Waals surface area (Å²) in [4.78, 5) is 9.49. The molecule has 4 nitrogen and oxygen atoms in total. The van der Waals surface area contributed by atoms with Crippen LogP contribution in [0.4, 0.5) is 5.82 Å². The highest BCUT2D eigenvalue weighted by atomic mass is 127. The molecule has 2 aliphatic rings. The van der Waals surface area contributed by atoms with Gasteiger partial charge in [0.1, 0.15) is 11.6 Å². The average Bonchev–Trinajstić information content (AvgIpc) is 3.12. The molecule has 0 aromatic carbocycles. The predicted octanol–water partition coefficient (Wildman–Crippen LogP) is 3.11. The third-order valence-corrected chi connectivity index (χ3v) is 4.73. The Labute approximate surface area is 127 Å². The Morgan fingerprint density at radius 1 is 1.32 bits per heavy atom. The van der Waals surface area contributed by atoms with Crippen LogP contribution in [0, 0.1) is 3.57 Å². The Balaban J connectivity index is 1.85. The van der Waals surface area contributed by atoms with Crippen LogP contribution in [-0.2, 0) is 11.2 Å². The van der Waals surface area contributed by atoms with Crippen LogP contribution in [-0.4, -0.2) is 29.2 Å². The van der Waals surface area contributed by atoms with Crippen molar-refractivity contribution in [1.82, 2.24) is 9.97 Å². The van der Waals surface area contributed by atoms with Crippen molar-refractivity contribution in [2.24, 2.45) is 0 Å². The highest BCUT2D eigenvalue weighted by Gasteiger charge is 2.30. The van der Waals surface area contributed by atoms with E-state index in [0.717, 1.165) is 37.6 Å². The summed E-state index contributed by atoms with van der Waals surface area (Å²) < 4.78 is 6.91. The van der Waals surface area contributed by atoms with Gasteiger partial charge in [-0.25, -0.2) is 9.97 Å². The van der Waals surface area contributed by atoms with Crippen LogP contribution in [0.25, 0.3) is 0 Å². The molecule has 1 N–H and O–H groups in total. The largest absolute Gasteiger partial charge is 0.378 e. The third kappa shape index (κ3) is 3.18. The molecule has 1 saturated heterocycles. The lowest BCUT2D eigenvalue weighted by Crippen LogP contribution is -2.15. The second-order valence-corrected chi connectivity index (χ2v) is 6.41. The van der Waals surface area contributed by atoms with E-state index in [-0.39, 0.29) is 0 Å². The van der Waals surface area contributed by atoms with E-state index < -0.39 is 0 Å². The first-order chi connectivity index (χ1) is 9.28. The van der Waals surface area contributed by atoms with Crippen LogP contribution in [0.15, 0.2) is 0 Å². The van der Waals surface area contributed by atoms with E-state index in [1.165, 1.54) is 28.5 Å². The van der Waals surface area contributed by atoms with Crippen LogP contribution in [0.2, 0.25) is 0 Å². The summed E-state index contributed by atoms with van der Waals surface area (Å²) in [5, 5.41) is 3.36. The zero-order valence-corrected chi connectivity index (χ0v) is 13.4. The Hall–Kier alpha value is -0.430. The van der Waals surface area contributed by atoms with Crippen molar-refractivity contribution in [3.8, 4) is 0 Å². The van der Waals surface area contributed by atoms with Gasteiger partial charge in [0.15, 0.2) is 0 Å². The van der Waals surface area contributed by atoms with Gasteiger partial charge < -0.3 is 10.1 Å². The zero-order chi connectivity index (χ0) is 13.2. The van der Waals surface area contributed by atoms with Gasteiger partial charge in [-0.15, -0.1) is 0 Å². The summed E-state index contributed by atoms with van der Waals surface area (Å²) in [6, 6.07) is 0. The fraction of sp³-hybridized carbons (Fsp3) is 0.714. The Morgan fingerprint density at radius 2 is 2.16 bits per heavy atom. The van der Waals surface area contributed by atoms with Crippen molar-refractivity contribution in [2.45, 2.75) is 51.0 Å². The predicted molar refractivity (Wildman–Crippen MR) is 83.6 cm³/mol. The summed E-state index contributed by atoms with van der Waals surface area (Å²) in [6.45, 7) is 3.90. The van der Waals surface area contributed by atoms with Gasteiger partial charge in [-0.05, 0) is 55.2 Å². The van der Waals surface area contributed by atoms with Crippen LogP contribution < -0.4 is 5.32 Å². The minimum Gasteiger partial charge on any atom is -0.378 e. The van der Waals surface area contributed by atoms with Gasteiger partial charge in [-0.3, -0.25) is 0 Å². The van der Waals surface area contributed by atoms with E-state index in [2.05, 4.69) is 39.8 Å². The van der Waals surface area contributed by atoms with Gasteiger partial charge in [0.05, 0.1) is 15.4 Å². The molecule has 2 heterocycles. The van der Waals surface area contributed by atoms with Gasteiger partial charge in [0.25, 0.3) is 0 Å². The minimum atomic E-state index is 0.321. The van der Waals surface area contributed by atoms with Crippen LogP contribution in [0.5, 0.6) is 0 Å². The summed E-state index contributed by atoms with van der Waals surface area (Å²) >= 11 is 2.38. The number of ether oxygens (including phenoxy) is 1. The van der Waals surface area contributed by atoms with Gasteiger partial charge in [0.2, 0.25) is 0 Å². The molecular formula is C14H20IN3O. The molecule has 1 atom stereocenters. The molecule has 0 spiro atoms. The number of hydrogen-bond donors (Lipinski definition) is 1. The summed E-state index contributed by atoms with van der Waals surface area (Å²) in [6.07, 6.45) is 6.04. The van der Waals surface area contributed by atoms with Gasteiger partial charge in [-0.1, -0.05) is 0 Å². The number of nitrogens with zero attached hydrogens (tertiary/aromatic N) is 2. The molecular weight excluding hydrogens is 353 g/mol. The van der Waals surface area contributed by atoms with Gasteiger partial charge in [0, 0.05) is 25.5 Å².